The maximum atomic E-state index is 14.9. The maximum absolute atomic E-state index is 14.9. The molecule has 5 rings (SSSR count). The van der Waals surface area contributed by atoms with Gasteiger partial charge in [0.2, 0.25) is 0 Å². The van der Waals surface area contributed by atoms with Crippen LogP contribution in [0.4, 0.5) is 10.1 Å². The number of piperidine rings is 1. The smallest absolute Gasteiger partial charge is 0.165 e. The number of halogens is 1. The van der Waals surface area contributed by atoms with Crippen molar-refractivity contribution in [2.24, 2.45) is 0 Å². The molecule has 0 atom stereocenters. The Balaban J connectivity index is 1.30. The predicted molar refractivity (Wildman–Crippen MR) is 160 cm³/mol. The summed E-state index contributed by atoms with van der Waals surface area (Å²) in [5, 5.41) is 3.56. The van der Waals surface area contributed by atoms with Crippen LogP contribution in [0.25, 0.3) is 5.57 Å². The fourth-order valence-corrected chi connectivity index (χ4v) is 6.00. The maximum Gasteiger partial charge on any atom is 0.165 e. The molecule has 3 aromatic carbocycles. The average Bonchev–Trinajstić information content (AvgIpc) is 2.97. The zero-order valence-corrected chi connectivity index (χ0v) is 24.2. The van der Waals surface area contributed by atoms with E-state index in [1.807, 2.05) is 24.3 Å². The highest BCUT2D eigenvalue weighted by Crippen LogP contribution is 2.46. The zero-order chi connectivity index (χ0) is 28.1. The summed E-state index contributed by atoms with van der Waals surface area (Å²) in [6.07, 6.45) is 6.92. The van der Waals surface area contributed by atoms with Crippen molar-refractivity contribution in [3.8, 4) is 17.2 Å². The molecule has 0 amide bonds. The van der Waals surface area contributed by atoms with Crippen LogP contribution in [0, 0.1) is 5.82 Å². The largest absolute Gasteiger partial charge is 0.497 e. The number of likely N-dealkylation sites (tertiary alicyclic amines) is 1. The van der Waals surface area contributed by atoms with Gasteiger partial charge in [0.15, 0.2) is 11.6 Å². The minimum absolute atomic E-state index is 0.204. The van der Waals surface area contributed by atoms with E-state index in [-0.39, 0.29) is 11.2 Å². The molecule has 5 nitrogen and oxygen atoms in total. The summed E-state index contributed by atoms with van der Waals surface area (Å²) in [5.41, 5.74) is 6.55. The first-order valence-corrected chi connectivity index (χ1v) is 14.3. The summed E-state index contributed by atoms with van der Waals surface area (Å²) in [6.45, 7) is 8.56. The van der Waals surface area contributed by atoms with Gasteiger partial charge in [-0.15, -0.1) is 0 Å². The number of fused-ring (bicyclic) bond motifs is 1. The second kappa shape index (κ2) is 12.3. The van der Waals surface area contributed by atoms with Gasteiger partial charge in [-0.05, 0) is 91.0 Å². The highest BCUT2D eigenvalue weighted by molar-refractivity contribution is 5.85. The first kappa shape index (κ1) is 28.0. The van der Waals surface area contributed by atoms with E-state index in [4.69, 9.17) is 14.2 Å². The van der Waals surface area contributed by atoms with Gasteiger partial charge in [-0.3, -0.25) is 4.90 Å². The van der Waals surface area contributed by atoms with Gasteiger partial charge < -0.3 is 19.5 Å². The van der Waals surface area contributed by atoms with Crippen LogP contribution in [-0.2, 0) is 18.4 Å². The van der Waals surface area contributed by atoms with Crippen molar-refractivity contribution in [1.82, 2.24) is 4.90 Å². The SMILES string of the molecule is COc1ccc2c(c1)CC=C(c1ccc(OC)cc1NCc1ccc(OCCN3CCCCC3)c(F)c1)C2(C)C. The van der Waals surface area contributed by atoms with Gasteiger partial charge in [0.1, 0.15) is 18.1 Å². The van der Waals surface area contributed by atoms with E-state index >= 15 is 0 Å². The number of nitrogens with zero attached hydrogens (tertiary/aromatic N) is 1. The third kappa shape index (κ3) is 6.12. The van der Waals surface area contributed by atoms with Gasteiger partial charge in [0, 0.05) is 35.8 Å². The van der Waals surface area contributed by atoms with Gasteiger partial charge in [0.05, 0.1) is 14.2 Å². The summed E-state index contributed by atoms with van der Waals surface area (Å²) >= 11 is 0. The van der Waals surface area contributed by atoms with Crippen molar-refractivity contribution in [2.75, 3.05) is 45.8 Å². The minimum Gasteiger partial charge on any atom is -0.497 e. The number of hydrogen-bond acceptors (Lipinski definition) is 5. The molecule has 1 heterocycles. The van der Waals surface area contributed by atoms with E-state index in [0.29, 0.717) is 18.9 Å². The Hall–Kier alpha value is -3.51. The molecule has 3 aromatic rings. The molecule has 1 aliphatic carbocycles. The van der Waals surface area contributed by atoms with Crippen LogP contribution in [0.1, 0.15) is 55.4 Å². The summed E-state index contributed by atoms with van der Waals surface area (Å²) in [6, 6.07) is 17.7. The first-order valence-electron chi connectivity index (χ1n) is 14.3. The molecule has 0 unspecified atom stereocenters. The fourth-order valence-electron chi connectivity index (χ4n) is 6.00. The molecule has 2 aliphatic rings. The molecular formula is C34H41FN2O3. The molecule has 1 aliphatic heterocycles. The van der Waals surface area contributed by atoms with Gasteiger partial charge in [-0.2, -0.15) is 0 Å². The van der Waals surface area contributed by atoms with Crippen molar-refractivity contribution in [3.63, 3.8) is 0 Å². The lowest BCUT2D eigenvalue weighted by atomic mass is 9.69. The van der Waals surface area contributed by atoms with Crippen LogP contribution in [0.2, 0.25) is 0 Å². The van der Waals surface area contributed by atoms with E-state index in [1.165, 1.54) is 36.0 Å². The van der Waals surface area contributed by atoms with Crippen molar-refractivity contribution in [1.29, 1.82) is 0 Å². The number of hydrogen-bond donors (Lipinski definition) is 1. The number of rotatable bonds is 10. The van der Waals surface area contributed by atoms with Crippen molar-refractivity contribution < 1.29 is 18.6 Å². The fraction of sp³-hybridized carbons (Fsp3) is 0.412. The molecule has 0 saturated carbocycles. The van der Waals surface area contributed by atoms with Crippen LogP contribution in [0.5, 0.6) is 17.2 Å². The Labute approximate surface area is 237 Å². The number of allylic oxidation sites excluding steroid dienone is 2. The third-order valence-corrected chi connectivity index (χ3v) is 8.30. The van der Waals surface area contributed by atoms with Crippen LogP contribution >= 0.6 is 0 Å². The van der Waals surface area contributed by atoms with Crippen LogP contribution in [-0.4, -0.2) is 45.4 Å². The Morgan fingerprint density at radius 2 is 1.65 bits per heavy atom. The summed E-state index contributed by atoms with van der Waals surface area (Å²) in [7, 11) is 3.38. The molecule has 0 spiro atoms. The van der Waals surface area contributed by atoms with Crippen molar-refractivity contribution >= 4 is 11.3 Å². The van der Waals surface area contributed by atoms with E-state index in [9.17, 15) is 4.39 Å². The molecule has 0 radical (unpaired) electrons. The lowest BCUT2D eigenvalue weighted by molar-refractivity contribution is 0.180. The Kier molecular flexibility index (Phi) is 8.65. The average molecular weight is 545 g/mol. The van der Waals surface area contributed by atoms with Gasteiger partial charge >= 0.3 is 0 Å². The molecule has 1 N–H and O–H groups in total. The molecule has 212 valence electrons. The standard InChI is InChI=1S/C34H41FN2O3/c1-34(2)29-14-11-26(38-3)21-25(29)9-13-30(34)28-12-10-27(39-4)22-32(28)36-23-24-8-15-33(31(35)20-24)40-19-18-37-16-6-5-7-17-37/h8,10-15,20-22,36H,5-7,9,16-19,23H2,1-4H3. The van der Waals surface area contributed by atoms with E-state index in [2.05, 4.69) is 48.3 Å². The second-order valence-electron chi connectivity index (χ2n) is 11.3. The summed E-state index contributed by atoms with van der Waals surface area (Å²) in [5.74, 6) is 1.64. The van der Waals surface area contributed by atoms with E-state index < -0.39 is 0 Å². The predicted octanol–water partition coefficient (Wildman–Crippen LogP) is 7.24. The normalized spacial score (nSPS) is 16.6. The second-order valence-corrected chi connectivity index (χ2v) is 11.3. The summed E-state index contributed by atoms with van der Waals surface area (Å²) in [4.78, 5) is 2.39. The topological polar surface area (TPSA) is 43.0 Å². The molecule has 0 aromatic heterocycles. The Bertz CT molecular complexity index is 1360. The molecule has 6 heteroatoms. The number of anilines is 1. The quantitative estimate of drug-likeness (QED) is 0.292. The van der Waals surface area contributed by atoms with Crippen molar-refractivity contribution in [3.05, 3.63) is 88.7 Å². The first-order chi connectivity index (χ1) is 19.4. The lowest BCUT2D eigenvalue weighted by Gasteiger charge is -2.36. The Morgan fingerprint density at radius 1 is 0.900 bits per heavy atom. The van der Waals surface area contributed by atoms with Crippen LogP contribution in [0.3, 0.4) is 0 Å². The lowest BCUT2D eigenvalue weighted by Crippen LogP contribution is -2.33. The van der Waals surface area contributed by atoms with Gasteiger partial charge in [-0.25, -0.2) is 4.39 Å². The molecule has 40 heavy (non-hydrogen) atoms. The zero-order valence-electron chi connectivity index (χ0n) is 24.2. The van der Waals surface area contributed by atoms with Crippen LogP contribution in [0.15, 0.2) is 60.7 Å². The van der Waals surface area contributed by atoms with E-state index in [0.717, 1.165) is 54.4 Å². The van der Waals surface area contributed by atoms with Gasteiger partial charge in [0.25, 0.3) is 0 Å². The van der Waals surface area contributed by atoms with Gasteiger partial charge in [-0.1, -0.05) is 38.5 Å². The molecular weight excluding hydrogens is 503 g/mol. The highest BCUT2D eigenvalue weighted by atomic mass is 19.1. The Morgan fingerprint density at radius 3 is 2.40 bits per heavy atom. The molecule has 0 bridgehead atoms. The van der Waals surface area contributed by atoms with Crippen molar-refractivity contribution in [2.45, 2.75) is 51.5 Å². The monoisotopic (exact) mass is 544 g/mol. The molecule has 1 fully saturated rings. The third-order valence-electron chi connectivity index (χ3n) is 8.30. The van der Waals surface area contributed by atoms with Crippen LogP contribution < -0.4 is 19.5 Å². The number of nitrogens with one attached hydrogen (secondary N) is 1. The highest BCUT2D eigenvalue weighted by Gasteiger charge is 2.33. The minimum atomic E-state index is -0.327. The number of benzene rings is 3. The summed E-state index contributed by atoms with van der Waals surface area (Å²) < 4.78 is 31.7. The number of methoxy groups -OCH3 is 2. The molecule has 1 saturated heterocycles. The number of ether oxygens (including phenoxy) is 3. The van der Waals surface area contributed by atoms with E-state index in [1.54, 1.807) is 26.4 Å².